The van der Waals surface area contributed by atoms with Gasteiger partial charge in [0.25, 0.3) is 0 Å². The van der Waals surface area contributed by atoms with E-state index in [2.05, 4.69) is 19.8 Å². The average Bonchev–Trinajstić information content (AvgIpc) is 1.38. The molecule has 5 heavy (non-hydrogen) atoms. The van der Waals surface area contributed by atoms with Gasteiger partial charge in [0.1, 0.15) is 0 Å². The van der Waals surface area contributed by atoms with Gasteiger partial charge >= 0.3 is 12.7 Å². The largest absolute Gasteiger partial charge is 0.553 e. The quantitative estimate of drug-likeness (QED) is 0.513. The van der Waals surface area contributed by atoms with Crippen LogP contribution in [0, 0.1) is 0 Å². The van der Waals surface area contributed by atoms with Gasteiger partial charge in [-0.15, -0.1) is 0 Å². The van der Waals surface area contributed by atoms with Crippen LogP contribution in [0.1, 0.15) is 0 Å². The first-order valence-electron chi connectivity index (χ1n) is 1.44. The minimum Gasteiger partial charge on any atom is -0.495 e. The highest BCUT2D eigenvalue weighted by molar-refractivity contribution is 9.24. The van der Waals surface area contributed by atoms with Gasteiger partial charge < -0.3 is 3.79 Å². The lowest BCUT2D eigenvalue weighted by Crippen LogP contribution is -1.96. The van der Waals surface area contributed by atoms with Crippen molar-refractivity contribution in [2.24, 2.45) is 0 Å². The van der Waals surface area contributed by atoms with E-state index in [1.54, 1.807) is 7.11 Å². The Labute approximate surface area is 43.7 Å². The third-order valence-electron chi connectivity index (χ3n) is 0.325. The van der Waals surface area contributed by atoms with E-state index in [1.807, 2.05) is 0 Å². The molecule has 0 amide bonds. The molecule has 0 radical (unpaired) electrons. The third kappa shape index (κ3) is 4.97. The number of hydrogen-bond acceptors (Lipinski definition) is 1. The molecule has 0 unspecified atom stereocenters. The van der Waals surface area contributed by atoms with Gasteiger partial charge in [-0.2, -0.15) is 14.1 Å². The summed E-state index contributed by atoms with van der Waals surface area (Å²) in [4.78, 5) is 0. The van der Waals surface area contributed by atoms with Crippen LogP contribution < -0.4 is 0 Å². The van der Waals surface area contributed by atoms with E-state index in [4.69, 9.17) is 3.79 Å². The lowest BCUT2D eigenvalue weighted by atomic mass is 11.8. The number of hydrogen-bond donors (Lipinski definition) is 0. The SMILES string of the molecule is C[O][Al]([CH3])[Br]. The van der Waals surface area contributed by atoms with E-state index in [9.17, 15) is 0 Å². The molecular weight excluding hydrogens is 147 g/mol. The molecule has 0 heterocycles. The molecule has 0 bridgehead atoms. The van der Waals surface area contributed by atoms with Crippen molar-refractivity contribution in [2.75, 3.05) is 7.11 Å². The summed E-state index contributed by atoms with van der Waals surface area (Å²) in [5.74, 6) is 2.06. The molecule has 30 valence electrons. The fourth-order valence-corrected chi connectivity index (χ4v) is 0. The summed E-state index contributed by atoms with van der Waals surface area (Å²) in [5.41, 5.74) is 0. The second-order valence-electron chi connectivity index (χ2n) is 0.779. The maximum atomic E-state index is 4.81. The van der Waals surface area contributed by atoms with Gasteiger partial charge in [-0.25, -0.2) is 0 Å². The minimum absolute atomic E-state index is 0.837. The number of halogens is 1. The van der Waals surface area contributed by atoms with Gasteiger partial charge in [0.15, 0.2) is 0 Å². The average molecular weight is 153 g/mol. The highest BCUT2D eigenvalue weighted by Gasteiger charge is 2.00. The van der Waals surface area contributed by atoms with Crippen molar-refractivity contribution in [3.8, 4) is 0 Å². The smallest absolute Gasteiger partial charge is 0.495 e. The highest BCUT2D eigenvalue weighted by Crippen LogP contribution is 1.88. The molecule has 0 atom stereocenters. The molecular formula is C2H6AlBrO. The summed E-state index contributed by atoms with van der Waals surface area (Å²) in [5, 5.41) is 0. The first-order valence-corrected chi connectivity index (χ1v) is 6.25. The van der Waals surface area contributed by atoms with Gasteiger partial charge in [0.05, 0.1) is 0 Å². The lowest BCUT2D eigenvalue weighted by Gasteiger charge is -1.84. The van der Waals surface area contributed by atoms with E-state index in [0.717, 1.165) is 0 Å². The predicted molar refractivity (Wildman–Crippen MR) is 27.6 cm³/mol. The summed E-state index contributed by atoms with van der Waals surface area (Å²) in [7, 11) is 1.71. The highest BCUT2D eigenvalue weighted by atomic mass is 79.9. The maximum absolute atomic E-state index is 4.81. The molecule has 0 aliphatic carbocycles. The van der Waals surface area contributed by atoms with Crippen LogP contribution in [0.4, 0.5) is 0 Å². The Balaban J connectivity index is 2.54. The van der Waals surface area contributed by atoms with E-state index in [1.165, 1.54) is 0 Å². The first-order chi connectivity index (χ1) is 2.27. The molecule has 0 aromatic heterocycles. The molecule has 0 rings (SSSR count). The minimum atomic E-state index is -0.837. The molecule has 0 saturated carbocycles. The number of rotatable bonds is 1. The summed E-state index contributed by atoms with van der Waals surface area (Å²) in [6.45, 7) is 0. The van der Waals surface area contributed by atoms with Crippen LogP contribution in [0.5, 0.6) is 0 Å². The van der Waals surface area contributed by atoms with E-state index >= 15 is 0 Å². The van der Waals surface area contributed by atoms with E-state index in [0.29, 0.717) is 0 Å². The van der Waals surface area contributed by atoms with Gasteiger partial charge in [0.2, 0.25) is 0 Å². The lowest BCUT2D eigenvalue weighted by molar-refractivity contribution is 0.442. The molecule has 0 fully saturated rings. The Morgan fingerprint density at radius 3 is 2.00 bits per heavy atom. The third-order valence-corrected chi connectivity index (χ3v) is 2.10. The van der Waals surface area contributed by atoms with E-state index < -0.39 is 12.7 Å². The van der Waals surface area contributed by atoms with Crippen molar-refractivity contribution in [3.63, 3.8) is 0 Å². The molecule has 0 aliphatic heterocycles. The Hall–Kier alpha value is 0.972. The Morgan fingerprint density at radius 1 is 1.80 bits per heavy atom. The molecule has 0 aliphatic rings. The normalized spacial score (nSPS) is 7.80. The van der Waals surface area contributed by atoms with Gasteiger partial charge in [0, 0.05) is 7.11 Å². The summed E-state index contributed by atoms with van der Waals surface area (Å²) >= 11 is 2.45. The van der Waals surface area contributed by atoms with Gasteiger partial charge in [-0.05, 0) is 0 Å². The van der Waals surface area contributed by atoms with Crippen molar-refractivity contribution in [3.05, 3.63) is 0 Å². The summed E-state index contributed by atoms with van der Waals surface area (Å²) < 4.78 is 4.81. The molecule has 0 spiro atoms. The molecule has 1 nitrogen and oxygen atoms in total. The van der Waals surface area contributed by atoms with Crippen molar-refractivity contribution < 1.29 is 3.79 Å². The fraction of sp³-hybridized carbons (Fsp3) is 1.00. The van der Waals surface area contributed by atoms with Crippen molar-refractivity contribution >= 4 is 26.7 Å². The second kappa shape index (κ2) is 3.17. The summed E-state index contributed by atoms with van der Waals surface area (Å²) in [6.07, 6.45) is 0. The molecule has 3 heteroatoms. The zero-order valence-electron chi connectivity index (χ0n) is 3.36. The van der Waals surface area contributed by atoms with Crippen LogP contribution in [0.25, 0.3) is 0 Å². The van der Waals surface area contributed by atoms with E-state index in [-0.39, 0.29) is 0 Å². The van der Waals surface area contributed by atoms with Crippen molar-refractivity contribution in [2.45, 2.75) is 5.79 Å². The topological polar surface area (TPSA) is 9.23 Å². The van der Waals surface area contributed by atoms with Crippen LogP contribution in [0.15, 0.2) is 0 Å². The monoisotopic (exact) mass is 152 g/mol. The van der Waals surface area contributed by atoms with Crippen LogP contribution >= 0.6 is 14.1 Å². The van der Waals surface area contributed by atoms with Crippen LogP contribution in [0.2, 0.25) is 5.79 Å². The second-order valence-corrected chi connectivity index (χ2v) is 6.20. The molecule has 0 N–H and O–H groups in total. The maximum Gasteiger partial charge on any atom is 0.553 e. The van der Waals surface area contributed by atoms with Crippen molar-refractivity contribution in [1.82, 2.24) is 0 Å². The molecule has 0 aromatic carbocycles. The van der Waals surface area contributed by atoms with Crippen LogP contribution in [0.3, 0.4) is 0 Å². The van der Waals surface area contributed by atoms with Gasteiger partial charge in [-0.3, -0.25) is 0 Å². The fourth-order valence-electron chi connectivity index (χ4n) is 0. The van der Waals surface area contributed by atoms with Crippen molar-refractivity contribution in [1.29, 1.82) is 0 Å². The Bertz CT molecular complexity index is 23.6. The molecule has 0 saturated heterocycles. The first kappa shape index (κ1) is 5.97. The van der Waals surface area contributed by atoms with Crippen LogP contribution in [-0.2, 0) is 3.79 Å². The summed E-state index contributed by atoms with van der Waals surface area (Å²) in [6, 6.07) is 0. The Kier molecular flexibility index (Phi) is 3.79. The standard InChI is InChI=1S/CH3O.CH3.Al.BrH/c1-2;;;/h1H3;1H3;;1H/q-1;;+2;/p-1. The van der Waals surface area contributed by atoms with Gasteiger partial charge in [-0.1, -0.05) is 5.79 Å². The zero-order valence-corrected chi connectivity index (χ0v) is 6.10. The van der Waals surface area contributed by atoms with Crippen LogP contribution in [-0.4, -0.2) is 19.8 Å². The Morgan fingerprint density at radius 2 is 2.00 bits per heavy atom. The zero-order chi connectivity index (χ0) is 4.28. The molecule has 0 aromatic rings. The predicted octanol–water partition coefficient (Wildman–Crippen LogP) is 1.15.